The molecule has 0 saturated heterocycles. The predicted molar refractivity (Wildman–Crippen MR) is 71.0 cm³/mol. The van der Waals surface area contributed by atoms with E-state index in [9.17, 15) is 0 Å². The van der Waals surface area contributed by atoms with Crippen molar-refractivity contribution in [2.45, 2.75) is 13.0 Å². The molecular formula is C13H17NOS. The smallest absolute Gasteiger partial charge is 0.134 e. The monoisotopic (exact) mass is 235 g/mol. The quantitative estimate of drug-likeness (QED) is 0.804. The molecule has 2 rings (SSSR count). The number of benzene rings is 1. The summed E-state index contributed by atoms with van der Waals surface area (Å²) in [6, 6.07) is 10.5. The summed E-state index contributed by atoms with van der Waals surface area (Å²) in [4.78, 5) is 0. The summed E-state index contributed by atoms with van der Waals surface area (Å²) in [7, 11) is 0. The number of furan rings is 1. The van der Waals surface area contributed by atoms with Gasteiger partial charge in [-0.25, -0.2) is 0 Å². The third-order valence-electron chi connectivity index (χ3n) is 2.63. The van der Waals surface area contributed by atoms with E-state index in [1.165, 1.54) is 5.39 Å². The van der Waals surface area contributed by atoms with E-state index in [2.05, 4.69) is 30.6 Å². The maximum Gasteiger partial charge on any atom is 0.134 e. The number of hydrogen-bond acceptors (Lipinski definition) is 3. The summed E-state index contributed by atoms with van der Waals surface area (Å²) in [5.41, 5.74) is 0.969. The van der Waals surface area contributed by atoms with Crippen LogP contribution >= 0.6 is 11.8 Å². The summed E-state index contributed by atoms with van der Waals surface area (Å²) in [5, 5.41) is 4.62. The molecule has 1 aromatic carbocycles. The number of para-hydroxylation sites is 1. The van der Waals surface area contributed by atoms with Gasteiger partial charge in [0.1, 0.15) is 11.3 Å². The predicted octanol–water partition coefficient (Wildman–Crippen LogP) is 3.45. The van der Waals surface area contributed by atoms with Crippen molar-refractivity contribution in [3.63, 3.8) is 0 Å². The first-order chi connectivity index (χ1) is 7.81. The summed E-state index contributed by atoms with van der Waals surface area (Å²) >= 11 is 1.85. The molecule has 1 N–H and O–H groups in total. The van der Waals surface area contributed by atoms with Crippen molar-refractivity contribution >= 4 is 22.7 Å². The van der Waals surface area contributed by atoms with Crippen LogP contribution in [0.1, 0.15) is 18.7 Å². The SMILES string of the molecule is CSCCNC(C)c1cc2ccccc2o1. The Morgan fingerprint density at radius 3 is 2.94 bits per heavy atom. The lowest BCUT2D eigenvalue weighted by molar-refractivity contribution is 0.460. The third-order valence-corrected chi connectivity index (χ3v) is 3.24. The molecule has 0 spiro atoms. The molecule has 86 valence electrons. The van der Waals surface area contributed by atoms with Crippen LogP contribution in [0.2, 0.25) is 0 Å². The van der Waals surface area contributed by atoms with Gasteiger partial charge in [-0.2, -0.15) is 11.8 Å². The van der Waals surface area contributed by atoms with Gasteiger partial charge in [0.15, 0.2) is 0 Å². The lowest BCUT2D eigenvalue weighted by atomic mass is 10.2. The molecule has 0 aliphatic rings. The van der Waals surface area contributed by atoms with Crippen molar-refractivity contribution in [1.29, 1.82) is 0 Å². The molecular weight excluding hydrogens is 218 g/mol. The standard InChI is InChI=1S/C13H17NOS/c1-10(14-7-8-16-2)13-9-11-5-3-4-6-12(11)15-13/h3-6,9-10,14H,7-8H2,1-2H3. The van der Waals surface area contributed by atoms with Gasteiger partial charge < -0.3 is 9.73 Å². The van der Waals surface area contributed by atoms with Gasteiger partial charge >= 0.3 is 0 Å². The van der Waals surface area contributed by atoms with Crippen molar-refractivity contribution in [2.24, 2.45) is 0 Å². The van der Waals surface area contributed by atoms with E-state index >= 15 is 0 Å². The first kappa shape index (κ1) is 11.6. The van der Waals surface area contributed by atoms with Gasteiger partial charge in [0.2, 0.25) is 0 Å². The van der Waals surface area contributed by atoms with Gasteiger partial charge in [-0.3, -0.25) is 0 Å². The fraction of sp³-hybridized carbons (Fsp3) is 0.385. The molecule has 0 aliphatic carbocycles. The minimum Gasteiger partial charge on any atom is -0.459 e. The van der Waals surface area contributed by atoms with Crippen LogP contribution in [0.4, 0.5) is 0 Å². The van der Waals surface area contributed by atoms with Crippen LogP contribution in [0.5, 0.6) is 0 Å². The largest absolute Gasteiger partial charge is 0.459 e. The molecule has 1 unspecified atom stereocenters. The highest BCUT2D eigenvalue weighted by Gasteiger charge is 2.09. The van der Waals surface area contributed by atoms with E-state index in [1.54, 1.807) is 0 Å². The van der Waals surface area contributed by atoms with Gasteiger partial charge in [-0.05, 0) is 25.3 Å². The molecule has 0 fully saturated rings. The minimum absolute atomic E-state index is 0.277. The summed E-state index contributed by atoms with van der Waals surface area (Å²) < 4.78 is 5.79. The third kappa shape index (κ3) is 2.60. The van der Waals surface area contributed by atoms with Gasteiger partial charge in [0.05, 0.1) is 6.04 Å². The fourth-order valence-corrected chi connectivity index (χ4v) is 2.02. The van der Waals surface area contributed by atoms with E-state index in [4.69, 9.17) is 4.42 Å². The van der Waals surface area contributed by atoms with Crippen molar-refractivity contribution < 1.29 is 4.42 Å². The lowest BCUT2D eigenvalue weighted by Crippen LogP contribution is -2.20. The van der Waals surface area contributed by atoms with Crippen molar-refractivity contribution in [1.82, 2.24) is 5.32 Å². The normalized spacial score (nSPS) is 13.1. The molecule has 2 nitrogen and oxygen atoms in total. The zero-order valence-electron chi connectivity index (χ0n) is 9.69. The first-order valence-electron chi connectivity index (χ1n) is 5.52. The number of thioether (sulfide) groups is 1. The Bertz CT molecular complexity index is 419. The molecule has 0 amide bonds. The summed E-state index contributed by atoms with van der Waals surface area (Å²) in [6.45, 7) is 3.15. The molecule has 1 aromatic heterocycles. The zero-order chi connectivity index (χ0) is 11.4. The van der Waals surface area contributed by atoms with Crippen molar-refractivity contribution in [3.8, 4) is 0 Å². The molecule has 0 bridgehead atoms. The van der Waals surface area contributed by atoms with Gasteiger partial charge in [-0.1, -0.05) is 18.2 Å². The Morgan fingerprint density at radius 1 is 1.38 bits per heavy atom. The van der Waals surface area contributed by atoms with Crippen LogP contribution in [-0.4, -0.2) is 18.6 Å². The van der Waals surface area contributed by atoms with Gasteiger partial charge in [0.25, 0.3) is 0 Å². The average molecular weight is 235 g/mol. The average Bonchev–Trinajstić information content (AvgIpc) is 2.73. The molecule has 16 heavy (non-hydrogen) atoms. The number of fused-ring (bicyclic) bond motifs is 1. The second-order valence-corrected chi connectivity index (χ2v) is 4.84. The molecule has 0 radical (unpaired) electrons. The van der Waals surface area contributed by atoms with Crippen LogP contribution in [-0.2, 0) is 0 Å². The second-order valence-electron chi connectivity index (χ2n) is 3.86. The van der Waals surface area contributed by atoms with E-state index in [0.29, 0.717) is 0 Å². The second kappa shape index (κ2) is 5.41. The summed E-state index contributed by atoms with van der Waals surface area (Å²) in [6.07, 6.45) is 2.12. The number of hydrogen-bond donors (Lipinski definition) is 1. The number of nitrogens with one attached hydrogen (secondary N) is 1. The first-order valence-corrected chi connectivity index (χ1v) is 6.91. The fourth-order valence-electron chi connectivity index (χ4n) is 1.69. The maximum atomic E-state index is 5.79. The van der Waals surface area contributed by atoms with Gasteiger partial charge in [0, 0.05) is 17.7 Å². The molecule has 1 heterocycles. The lowest BCUT2D eigenvalue weighted by Gasteiger charge is -2.09. The highest BCUT2D eigenvalue weighted by Crippen LogP contribution is 2.23. The summed E-state index contributed by atoms with van der Waals surface area (Å²) in [5.74, 6) is 2.15. The minimum atomic E-state index is 0.277. The van der Waals surface area contributed by atoms with Crippen LogP contribution in [0, 0.1) is 0 Å². The van der Waals surface area contributed by atoms with Crippen LogP contribution in [0.3, 0.4) is 0 Å². The van der Waals surface area contributed by atoms with E-state index in [0.717, 1.165) is 23.6 Å². The van der Waals surface area contributed by atoms with Gasteiger partial charge in [-0.15, -0.1) is 0 Å². The molecule has 0 saturated carbocycles. The topological polar surface area (TPSA) is 25.2 Å². The molecule has 2 aromatic rings. The zero-order valence-corrected chi connectivity index (χ0v) is 10.5. The van der Waals surface area contributed by atoms with E-state index < -0.39 is 0 Å². The molecule has 3 heteroatoms. The Morgan fingerprint density at radius 2 is 2.19 bits per heavy atom. The van der Waals surface area contributed by atoms with E-state index in [-0.39, 0.29) is 6.04 Å². The van der Waals surface area contributed by atoms with Crippen LogP contribution in [0.15, 0.2) is 34.7 Å². The highest BCUT2D eigenvalue weighted by molar-refractivity contribution is 7.98. The van der Waals surface area contributed by atoms with Crippen molar-refractivity contribution in [2.75, 3.05) is 18.6 Å². The molecule has 1 atom stereocenters. The Hall–Kier alpha value is -0.930. The Balaban J connectivity index is 2.07. The Labute approximate surface area is 100 Å². The Kier molecular flexibility index (Phi) is 3.91. The highest BCUT2D eigenvalue weighted by atomic mass is 32.2. The number of rotatable bonds is 5. The van der Waals surface area contributed by atoms with Crippen molar-refractivity contribution in [3.05, 3.63) is 36.1 Å². The molecule has 0 aliphatic heterocycles. The van der Waals surface area contributed by atoms with Crippen LogP contribution < -0.4 is 5.32 Å². The van der Waals surface area contributed by atoms with Crippen LogP contribution in [0.25, 0.3) is 11.0 Å². The van der Waals surface area contributed by atoms with E-state index in [1.807, 2.05) is 30.0 Å². The maximum absolute atomic E-state index is 5.79.